The SMILES string of the molecule is Cc1cc(-c2ccccc2)ccc1N(c1ccc(-c2cccc3oc4ccccc4c23)cc1)c1cc(Cl)cc(N(c2ccc3c(c2)C(C)(C)CCC3(C)C)c2ccc3c(c2)C(C)(C)CCC3(C)C)c1. The van der Waals surface area contributed by atoms with Crippen molar-refractivity contribution in [3.63, 3.8) is 0 Å². The van der Waals surface area contributed by atoms with Crippen LogP contribution in [0.25, 0.3) is 44.2 Å². The van der Waals surface area contributed by atoms with Gasteiger partial charge in [0.25, 0.3) is 0 Å². The quantitative estimate of drug-likeness (QED) is 0.151. The van der Waals surface area contributed by atoms with Crippen LogP contribution in [0.3, 0.4) is 0 Å². The van der Waals surface area contributed by atoms with Gasteiger partial charge in [0.1, 0.15) is 11.2 Å². The fraction of sp³-hybridized carbons (Fsp3) is 0.262. The first kappa shape index (κ1) is 44.9. The molecule has 1 heterocycles. The summed E-state index contributed by atoms with van der Waals surface area (Å²) in [6.07, 6.45) is 4.62. The topological polar surface area (TPSA) is 19.6 Å². The number of nitrogens with zero attached hydrogens (tertiary/aromatic N) is 2. The Morgan fingerprint density at radius 2 is 0.928 bits per heavy atom. The highest BCUT2D eigenvalue weighted by Gasteiger charge is 2.39. The summed E-state index contributed by atoms with van der Waals surface area (Å²) in [6.45, 7) is 21.5. The van der Waals surface area contributed by atoms with Gasteiger partial charge in [-0.15, -0.1) is 0 Å². The zero-order valence-electron chi connectivity index (χ0n) is 41.7. The van der Waals surface area contributed by atoms with E-state index >= 15 is 0 Å². The second kappa shape index (κ2) is 16.6. The Hall–Kier alpha value is -6.55. The van der Waals surface area contributed by atoms with Gasteiger partial charge in [-0.1, -0.05) is 158 Å². The van der Waals surface area contributed by atoms with E-state index in [0.29, 0.717) is 5.02 Å². The molecule has 0 N–H and O–H groups in total. The molecule has 0 saturated carbocycles. The number of benzene rings is 8. The molecule has 4 heteroatoms. The van der Waals surface area contributed by atoms with Crippen LogP contribution in [0.1, 0.15) is 109 Å². The number of fused-ring (bicyclic) bond motifs is 5. The Kier molecular flexibility index (Phi) is 10.8. The van der Waals surface area contributed by atoms with E-state index in [9.17, 15) is 0 Å². The third kappa shape index (κ3) is 7.93. The van der Waals surface area contributed by atoms with E-state index in [1.165, 1.54) is 46.2 Å². The lowest BCUT2D eigenvalue weighted by Crippen LogP contribution is -2.34. The maximum atomic E-state index is 7.46. The van der Waals surface area contributed by atoms with Crippen LogP contribution in [0.5, 0.6) is 0 Å². The number of anilines is 6. The van der Waals surface area contributed by atoms with Crippen LogP contribution in [0, 0.1) is 6.92 Å². The molecule has 1 aromatic heterocycles. The van der Waals surface area contributed by atoms with E-state index in [1.54, 1.807) is 0 Å². The summed E-state index contributed by atoms with van der Waals surface area (Å²) >= 11 is 7.46. The van der Waals surface area contributed by atoms with Gasteiger partial charge in [0.05, 0.1) is 0 Å². The second-order valence-electron chi connectivity index (χ2n) is 22.5. The Labute approximate surface area is 414 Å². The minimum atomic E-state index is 0.0382. The first-order chi connectivity index (χ1) is 33.0. The lowest BCUT2D eigenvalue weighted by molar-refractivity contribution is 0.332. The van der Waals surface area contributed by atoms with Crippen LogP contribution in [-0.2, 0) is 21.7 Å². The fourth-order valence-corrected chi connectivity index (χ4v) is 11.9. The molecule has 0 amide bonds. The molecule has 0 saturated heterocycles. The van der Waals surface area contributed by atoms with Crippen molar-refractivity contribution in [1.29, 1.82) is 0 Å². The largest absolute Gasteiger partial charge is 0.456 e. The molecule has 0 spiro atoms. The van der Waals surface area contributed by atoms with Crippen LogP contribution in [0.4, 0.5) is 34.1 Å². The number of aryl methyl sites for hydroxylation is 1. The monoisotopic (exact) mass is 922 g/mol. The van der Waals surface area contributed by atoms with Crippen molar-refractivity contribution in [2.45, 2.75) is 110 Å². The van der Waals surface area contributed by atoms with Gasteiger partial charge >= 0.3 is 0 Å². The zero-order valence-corrected chi connectivity index (χ0v) is 42.4. The number of halogens is 1. The van der Waals surface area contributed by atoms with Gasteiger partial charge in [-0.05, 0) is 183 Å². The lowest BCUT2D eigenvalue weighted by Gasteiger charge is -2.43. The number of furan rings is 1. The zero-order chi connectivity index (χ0) is 48.0. The van der Waals surface area contributed by atoms with E-state index in [1.807, 2.05) is 12.1 Å². The summed E-state index contributed by atoms with van der Waals surface area (Å²) in [5.41, 5.74) is 20.0. The maximum Gasteiger partial charge on any atom is 0.136 e. The fourth-order valence-electron chi connectivity index (χ4n) is 11.6. The molecule has 0 fully saturated rings. The Bertz CT molecular complexity index is 3350. The standard InChI is InChI=1S/C65H63ClN2O/c1-42-36-45(43-16-11-10-12-17-43)24-31-58(42)68(47-25-22-44(23-26-47)52-19-15-21-60-61(52)53-18-13-14-20-59(53)69-60)51-38-46(66)37-50(39-51)67(48-27-29-54-56(40-48)64(6,7)34-32-62(54,2)3)49-28-30-55-57(41-49)65(8,9)35-33-63(55,4)5/h10-31,36-41H,32-35H2,1-9H3. The summed E-state index contributed by atoms with van der Waals surface area (Å²) in [5.74, 6) is 0. The average molecular weight is 924 g/mol. The Morgan fingerprint density at radius 3 is 1.54 bits per heavy atom. The van der Waals surface area contributed by atoms with E-state index in [2.05, 4.69) is 230 Å². The molecule has 2 aliphatic carbocycles. The van der Waals surface area contributed by atoms with Crippen molar-refractivity contribution in [3.05, 3.63) is 203 Å². The van der Waals surface area contributed by atoms with Crippen molar-refractivity contribution in [1.82, 2.24) is 0 Å². The van der Waals surface area contributed by atoms with E-state index < -0.39 is 0 Å². The van der Waals surface area contributed by atoms with Gasteiger partial charge in [0.15, 0.2) is 0 Å². The first-order valence-corrected chi connectivity index (χ1v) is 25.2. The molecule has 346 valence electrons. The third-order valence-electron chi connectivity index (χ3n) is 16.0. The number of rotatable bonds is 8. The Balaban J connectivity index is 1.10. The molecule has 0 radical (unpaired) electrons. The molecule has 0 bridgehead atoms. The molecule has 9 aromatic rings. The summed E-state index contributed by atoms with van der Waals surface area (Å²) in [6, 6.07) is 62.2. The lowest BCUT2D eigenvalue weighted by atomic mass is 9.63. The molecular formula is C65H63ClN2O. The van der Waals surface area contributed by atoms with Gasteiger partial charge in [0.2, 0.25) is 0 Å². The van der Waals surface area contributed by atoms with Gasteiger partial charge in [-0.3, -0.25) is 0 Å². The minimum absolute atomic E-state index is 0.0382. The van der Waals surface area contributed by atoms with Crippen LogP contribution >= 0.6 is 11.6 Å². The minimum Gasteiger partial charge on any atom is -0.456 e. The molecule has 3 nitrogen and oxygen atoms in total. The average Bonchev–Trinajstić information content (AvgIpc) is 3.72. The van der Waals surface area contributed by atoms with E-state index in [4.69, 9.17) is 16.0 Å². The third-order valence-corrected chi connectivity index (χ3v) is 16.2. The molecule has 2 aliphatic rings. The van der Waals surface area contributed by atoms with Crippen molar-refractivity contribution in [2.75, 3.05) is 9.80 Å². The van der Waals surface area contributed by atoms with Crippen molar-refractivity contribution >= 4 is 67.7 Å². The molecule has 8 aromatic carbocycles. The van der Waals surface area contributed by atoms with Crippen molar-refractivity contribution < 1.29 is 4.42 Å². The van der Waals surface area contributed by atoms with Crippen LogP contribution in [-0.4, -0.2) is 0 Å². The predicted octanol–water partition coefficient (Wildman–Crippen LogP) is 19.5. The molecular weight excluding hydrogens is 860 g/mol. The highest BCUT2D eigenvalue weighted by Crippen LogP contribution is 2.52. The molecule has 69 heavy (non-hydrogen) atoms. The summed E-state index contributed by atoms with van der Waals surface area (Å²) in [4.78, 5) is 4.85. The second-order valence-corrected chi connectivity index (χ2v) is 23.0. The normalized spacial score (nSPS) is 16.5. The van der Waals surface area contributed by atoms with Gasteiger partial charge < -0.3 is 14.2 Å². The first-order valence-electron chi connectivity index (χ1n) is 24.9. The molecule has 0 unspecified atom stereocenters. The Morgan fingerprint density at radius 1 is 0.406 bits per heavy atom. The summed E-state index contributed by atoms with van der Waals surface area (Å²) in [5, 5.41) is 2.93. The van der Waals surface area contributed by atoms with Crippen LogP contribution in [0.2, 0.25) is 5.02 Å². The number of hydrogen-bond acceptors (Lipinski definition) is 3. The molecule has 0 atom stereocenters. The van der Waals surface area contributed by atoms with Crippen molar-refractivity contribution in [3.8, 4) is 22.3 Å². The van der Waals surface area contributed by atoms with Gasteiger partial charge in [0, 0.05) is 49.9 Å². The highest BCUT2D eigenvalue weighted by atomic mass is 35.5. The highest BCUT2D eigenvalue weighted by molar-refractivity contribution is 6.31. The van der Waals surface area contributed by atoms with Crippen LogP contribution < -0.4 is 9.80 Å². The van der Waals surface area contributed by atoms with Gasteiger partial charge in [-0.2, -0.15) is 0 Å². The predicted molar refractivity (Wildman–Crippen MR) is 294 cm³/mol. The van der Waals surface area contributed by atoms with E-state index in [-0.39, 0.29) is 21.7 Å². The van der Waals surface area contributed by atoms with Crippen LogP contribution in [0.15, 0.2) is 174 Å². The summed E-state index contributed by atoms with van der Waals surface area (Å²) in [7, 11) is 0. The summed E-state index contributed by atoms with van der Waals surface area (Å²) < 4.78 is 6.32. The smallest absolute Gasteiger partial charge is 0.136 e. The molecule has 11 rings (SSSR count). The van der Waals surface area contributed by atoms with Gasteiger partial charge in [-0.25, -0.2) is 0 Å². The number of para-hydroxylation sites is 1. The molecule has 0 aliphatic heterocycles. The maximum absolute atomic E-state index is 7.46. The number of hydrogen-bond donors (Lipinski definition) is 0. The van der Waals surface area contributed by atoms with Crippen molar-refractivity contribution in [2.24, 2.45) is 0 Å². The van der Waals surface area contributed by atoms with E-state index in [0.717, 1.165) is 85.6 Å².